The van der Waals surface area contributed by atoms with Crippen LogP contribution < -0.4 is 4.90 Å². The van der Waals surface area contributed by atoms with Gasteiger partial charge in [0.05, 0.1) is 30.6 Å². The normalized spacial score (nSPS) is 26.2. The number of hydrogen-bond acceptors (Lipinski definition) is 5. The minimum absolute atomic E-state index is 0.170. The molecule has 3 aliphatic heterocycles. The summed E-state index contributed by atoms with van der Waals surface area (Å²) in [4.78, 5) is 48.6. The summed E-state index contributed by atoms with van der Waals surface area (Å²) in [5.74, 6) is -2.29. The Morgan fingerprint density at radius 2 is 1.74 bits per heavy atom. The Balaban J connectivity index is 1.58. The number of fused-ring (bicyclic) bond motifs is 1. The summed E-state index contributed by atoms with van der Waals surface area (Å²) in [7, 11) is 0. The maximum Gasteiger partial charge on any atom is 0.253 e. The van der Waals surface area contributed by atoms with Gasteiger partial charge in [-0.25, -0.2) is 0 Å². The van der Waals surface area contributed by atoms with Gasteiger partial charge < -0.3 is 24.5 Å². The minimum atomic E-state index is -1.16. The Hall–Kier alpha value is -3.75. The topological polar surface area (TPSA) is 90.4 Å². The van der Waals surface area contributed by atoms with Crippen molar-refractivity contribution in [3.8, 4) is 0 Å². The average molecular weight is 586 g/mol. The molecule has 0 radical (unpaired) electrons. The van der Waals surface area contributed by atoms with Gasteiger partial charge >= 0.3 is 0 Å². The van der Waals surface area contributed by atoms with Crippen molar-refractivity contribution in [1.82, 2.24) is 9.80 Å². The van der Waals surface area contributed by atoms with Crippen LogP contribution in [-0.2, 0) is 25.7 Å². The van der Waals surface area contributed by atoms with Crippen LogP contribution in [0, 0.1) is 25.7 Å². The van der Waals surface area contributed by atoms with Crippen LogP contribution >= 0.6 is 0 Å². The molecule has 6 atom stereocenters. The summed E-state index contributed by atoms with van der Waals surface area (Å²) in [5, 5.41) is 10.4. The van der Waals surface area contributed by atoms with Gasteiger partial charge in [-0.15, -0.1) is 13.2 Å². The monoisotopic (exact) mass is 585 g/mol. The number of benzene rings is 2. The Labute approximate surface area is 254 Å². The second kappa shape index (κ2) is 12.5. The molecule has 8 heteroatoms. The highest BCUT2D eigenvalue weighted by Gasteiger charge is 2.75. The first-order valence-corrected chi connectivity index (χ1v) is 15.3. The van der Waals surface area contributed by atoms with Crippen molar-refractivity contribution in [3.05, 3.63) is 90.5 Å². The third-order valence-corrected chi connectivity index (χ3v) is 9.50. The molecule has 3 aliphatic rings. The third-order valence-electron chi connectivity index (χ3n) is 9.50. The number of carbonyl (C=O) groups excluding carboxylic acids is 3. The molecule has 5 rings (SSSR count). The number of para-hydroxylation sites is 1. The van der Waals surface area contributed by atoms with Crippen LogP contribution in [0.2, 0.25) is 0 Å². The molecule has 3 heterocycles. The number of anilines is 1. The molecule has 3 amide bonds. The van der Waals surface area contributed by atoms with E-state index in [1.807, 2.05) is 69.3 Å². The van der Waals surface area contributed by atoms with Gasteiger partial charge in [0.2, 0.25) is 11.8 Å². The van der Waals surface area contributed by atoms with Crippen molar-refractivity contribution >= 4 is 23.4 Å². The van der Waals surface area contributed by atoms with Crippen LogP contribution in [0.4, 0.5) is 5.69 Å². The number of rotatable bonds is 12. The van der Waals surface area contributed by atoms with Gasteiger partial charge in [-0.3, -0.25) is 14.4 Å². The van der Waals surface area contributed by atoms with Gasteiger partial charge in [0, 0.05) is 25.3 Å². The molecule has 228 valence electrons. The van der Waals surface area contributed by atoms with Gasteiger partial charge in [-0.1, -0.05) is 67.6 Å². The zero-order chi connectivity index (χ0) is 30.9. The minimum Gasteiger partial charge on any atom is -0.394 e. The first-order chi connectivity index (χ1) is 20.7. The SMILES string of the molecule is C=CCN(Cc1ccccc1)C(=O)[C@@H]1[C@H]2C(=O)N([C@@H](CC)CO)C(C(=O)N(CC=C)c3c(C)cccc3C)C23CC[C@H]1O3. The number of hydrogen-bond donors (Lipinski definition) is 1. The van der Waals surface area contributed by atoms with Crippen molar-refractivity contribution in [1.29, 1.82) is 0 Å². The number of aryl methyl sites for hydroxylation is 2. The second-order valence-corrected chi connectivity index (χ2v) is 12.0. The molecule has 43 heavy (non-hydrogen) atoms. The average Bonchev–Trinajstić information content (AvgIpc) is 3.64. The molecule has 2 bridgehead atoms. The van der Waals surface area contributed by atoms with Gasteiger partial charge in [-0.05, 0) is 49.8 Å². The van der Waals surface area contributed by atoms with Gasteiger partial charge in [0.15, 0.2) is 0 Å². The fourth-order valence-corrected chi connectivity index (χ4v) is 7.66. The molecule has 3 saturated heterocycles. The van der Waals surface area contributed by atoms with E-state index in [-0.39, 0.29) is 30.9 Å². The highest BCUT2D eigenvalue weighted by Crippen LogP contribution is 2.59. The van der Waals surface area contributed by atoms with Crippen LogP contribution in [0.1, 0.15) is 42.9 Å². The molecule has 0 aliphatic carbocycles. The highest BCUT2D eigenvalue weighted by atomic mass is 16.5. The largest absolute Gasteiger partial charge is 0.394 e. The Morgan fingerprint density at radius 1 is 1.07 bits per heavy atom. The number of ether oxygens (including phenoxy) is 1. The number of carbonyl (C=O) groups is 3. The Morgan fingerprint density at radius 3 is 2.35 bits per heavy atom. The van der Waals surface area contributed by atoms with Crippen LogP contribution in [0.25, 0.3) is 0 Å². The lowest BCUT2D eigenvalue weighted by molar-refractivity contribution is -0.147. The molecule has 1 spiro atoms. The number of likely N-dealkylation sites (tertiary alicyclic amines) is 1. The lowest BCUT2D eigenvalue weighted by Gasteiger charge is -2.39. The highest BCUT2D eigenvalue weighted by molar-refractivity contribution is 6.05. The molecule has 1 N–H and O–H groups in total. The molecule has 2 unspecified atom stereocenters. The molecule has 3 fully saturated rings. The van der Waals surface area contributed by atoms with E-state index in [1.165, 1.54) is 0 Å². The zero-order valence-electron chi connectivity index (χ0n) is 25.4. The van der Waals surface area contributed by atoms with E-state index < -0.39 is 35.6 Å². The first-order valence-electron chi connectivity index (χ1n) is 15.3. The molecular formula is C35H43N3O5. The summed E-state index contributed by atoms with van der Waals surface area (Å²) in [5.41, 5.74) is 2.45. The summed E-state index contributed by atoms with van der Waals surface area (Å²) in [6, 6.07) is 14.0. The number of aliphatic hydroxyl groups is 1. The molecule has 2 aromatic carbocycles. The Kier molecular flexibility index (Phi) is 8.90. The summed E-state index contributed by atoms with van der Waals surface area (Å²) in [6.45, 7) is 14.2. The summed E-state index contributed by atoms with van der Waals surface area (Å²) < 4.78 is 6.70. The summed E-state index contributed by atoms with van der Waals surface area (Å²) >= 11 is 0. The van der Waals surface area contributed by atoms with Crippen LogP contribution in [-0.4, -0.2) is 76.1 Å². The van der Waals surface area contributed by atoms with E-state index in [2.05, 4.69) is 13.2 Å². The third kappa shape index (κ3) is 5.10. The van der Waals surface area contributed by atoms with Crippen LogP contribution in [0.15, 0.2) is 73.8 Å². The van der Waals surface area contributed by atoms with Gasteiger partial charge in [-0.2, -0.15) is 0 Å². The van der Waals surface area contributed by atoms with Crippen molar-refractivity contribution < 1.29 is 24.2 Å². The first kappa shape index (κ1) is 30.7. The smallest absolute Gasteiger partial charge is 0.253 e. The van der Waals surface area contributed by atoms with E-state index in [9.17, 15) is 19.5 Å². The predicted octanol–water partition coefficient (Wildman–Crippen LogP) is 4.18. The molecular weight excluding hydrogens is 542 g/mol. The van der Waals surface area contributed by atoms with E-state index in [0.717, 1.165) is 22.4 Å². The number of aliphatic hydroxyl groups excluding tert-OH is 1. The molecule has 8 nitrogen and oxygen atoms in total. The van der Waals surface area contributed by atoms with Crippen LogP contribution in [0.3, 0.4) is 0 Å². The molecule has 0 saturated carbocycles. The van der Waals surface area contributed by atoms with E-state index in [1.54, 1.807) is 26.9 Å². The van der Waals surface area contributed by atoms with Gasteiger partial charge in [0.25, 0.3) is 5.91 Å². The molecule has 0 aromatic heterocycles. The standard InChI is InChI=1S/C35H43N3O5/c1-6-19-36(21-25-15-10-9-11-16-25)32(40)28-27-17-18-35(43-27)29(28)33(41)38(26(8-3)22-39)31(35)34(42)37(20-7-2)30-23(4)13-12-14-24(30)5/h6-7,9-16,26-29,31,39H,1-2,8,17-22H2,3-5H3/t26-,27+,28-,29-,31?,35?/m0/s1. The van der Waals surface area contributed by atoms with E-state index in [4.69, 9.17) is 4.74 Å². The van der Waals surface area contributed by atoms with E-state index >= 15 is 0 Å². The number of nitrogens with zero attached hydrogens (tertiary/aromatic N) is 3. The van der Waals surface area contributed by atoms with Crippen molar-refractivity contribution in [3.63, 3.8) is 0 Å². The quantitative estimate of drug-likeness (QED) is 0.378. The maximum atomic E-state index is 14.8. The van der Waals surface area contributed by atoms with Gasteiger partial charge in [0.1, 0.15) is 11.6 Å². The van der Waals surface area contributed by atoms with Crippen molar-refractivity contribution in [2.75, 3.05) is 24.6 Å². The Bertz CT molecular complexity index is 1370. The maximum absolute atomic E-state index is 14.8. The van der Waals surface area contributed by atoms with Crippen molar-refractivity contribution in [2.24, 2.45) is 11.8 Å². The summed E-state index contributed by atoms with van der Waals surface area (Å²) in [6.07, 6.45) is 4.42. The van der Waals surface area contributed by atoms with E-state index in [0.29, 0.717) is 32.4 Å². The van der Waals surface area contributed by atoms with Crippen molar-refractivity contribution in [2.45, 2.75) is 70.4 Å². The number of amides is 3. The second-order valence-electron chi connectivity index (χ2n) is 12.0. The fourth-order valence-electron chi connectivity index (χ4n) is 7.66. The lowest BCUT2D eigenvalue weighted by Crippen LogP contribution is -2.59. The fraction of sp³-hybridized carbons (Fsp3) is 0.457. The lowest BCUT2D eigenvalue weighted by atomic mass is 9.70. The molecule has 2 aromatic rings. The van der Waals surface area contributed by atoms with Crippen LogP contribution in [0.5, 0.6) is 0 Å². The predicted molar refractivity (Wildman–Crippen MR) is 166 cm³/mol. The zero-order valence-corrected chi connectivity index (χ0v) is 25.4.